The summed E-state index contributed by atoms with van der Waals surface area (Å²) in [6.45, 7) is 10.8. The molecule has 3 saturated carbocycles. The third-order valence-corrected chi connectivity index (χ3v) is 3.91. The van der Waals surface area contributed by atoms with Crippen LogP contribution in [0.25, 0.3) is 0 Å². The lowest BCUT2D eigenvalue weighted by molar-refractivity contribution is -0.0912. The molecule has 0 aromatic rings. The SMILES string of the molecule is [CH][C@@H]1CC[C@H]2C[C@@H]1C2(C)C. The first-order chi connectivity index (χ1) is 4.62. The first-order valence-corrected chi connectivity index (χ1v) is 4.38. The molecule has 0 N–H and O–H groups in total. The van der Waals surface area contributed by atoms with Crippen LogP contribution in [-0.2, 0) is 0 Å². The standard InChI is InChI=1S/C10H16/c1-7-4-5-8-6-9(7)10(8,2)3/h1,7-9H,4-6H2,2-3H3/t7-,8+,9+/m1/s1. The van der Waals surface area contributed by atoms with Crippen molar-refractivity contribution in [3.05, 3.63) is 6.92 Å². The Morgan fingerprint density at radius 2 is 2.00 bits per heavy atom. The van der Waals surface area contributed by atoms with Crippen LogP contribution in [0.2, 0.25) is 0 Å². The first kappa shape index (κ1) is 6.69. The molecule has 0 aromatic heterocycles. The van der Waals surface area contributed by atoms with Gasteiger partial charge < -0.3 is 0 Å². The summed E-state index contributed by atoms with van der Waals surface area (Å²) in [5.74, 6) is 2.35. The van der Waals surface area contributed by atoms with Crippen LogP contribution in [0.4, 0.5) is 0 Å². The maximum absolute atomic E-state index is 5.99. The molecule has 2 bridgehead atoms. The number of hydrogen-bond donors (Lipinski definition) is 0. The third-order valence-electron chi connectivity index (χ3n) is 3.91. The number of fused-ring (bicyclic) bond motifs is 2. The van der Waals surface area contributed by atoms with Crippen molar-refractivity contribution in [1.82, 2.24) is 0 Å². The third kappa shape index (κ3) is 0.627. The lowest BCUT2D eigenvalue weighted by Crippen LogP contribution is -2.51. The summed E-state index contributed by atoms with van der Waals surface area (Å²) >= 11 is 0. The van der Waals surface area contributed by atoms with E-state index < -0.39 is 0 Å². The molecule has 0 saturated heterocycles. The zero-order chi connectivity index (χ0) is 7.35. The van der Waals surface area contributed by atoms with Gasteiger partial charge in [-0.1, -0.05) is 13.8 Å². The Morgan fingerprint density at radius 1 is 1.30 bits per heavy atom. The fourth-order valence-electron chi connectivity index (χ4n) is 2.87. The lowest BCUT2D eigenvalue weighted by atomic mass is 9.46. The molecule has 3 atom stereocenters. The molecule has 3 fully saturated rings. The van der Waals surface area contributed by atoms with Gasteiger partial charge in [0.2, 0.25) is 0 Å². The Kier molecular flexibility index (Phi) is 1.19. The van der Waals surface area contributed by atoms with Gasteiger partial charge in [-0.05, 0) is 49.4 Å². The second-order valence-corrected chi connectivity index (χ2v) is 4.60. The first-order valence-electron chi connectivity index (χ1n) is 4.38. The Bertz CT molecular complexity index is 144. The second-order valence-electron chi connectivity index (χ2n) is 4.60. The predicted molar refractivity (Wildman–Crippen MR) is 42.4 cm³/mol. The van der Waals surface area contributed by atoms with E-state index in [1.54, 1.807) is 0 Å². The van der Waals surface area contributed by atoms with Gasteiger partial charge >= 0.3 is 0 Å². The Labute approximate surface area is 64.0 Å². The van der Waals surface area contributed by atoms with Crippen LogP contribution in [0.3, 0.4) is 0 Å². The van der Waals surface area contributed by atoms with Gasteiger partial charge in [0.05, 0.1) is 0 Å². The van der Waals surface area contributed by atoms with Crippen LogP contribution in [-0.4, -0.2) is 0 Å². The van der Waals surface area contributed by atoms with Crippen molar-refractivity contribution in [3.8, 4) is 0 Å². The zero-order valence-corrected chi connectivity index (χ0v) is 6.93. The molecule has 0 aliphatic heterocycles. The molecular formula is C10H16. The van der Waals surface area contributed by atoms with Crippen molar-refractivity contribution < 1.29 is 0 Å². The summed E-state index contributed by atoms with van der Waals surface area (Å²) in [4.78, 5) is 0. The van der Waals surface area contributed by atoms with Gasteiger partial charge in [-0.15, -0.1) is 0 Å². The van der Waals surface area contributed by atoms with Crippen LogP contribution in [0.1, 0.15) is 33.1 Å². The largest absolute Gasteiger partial charge is 0.0594 e. The molecule has 10 heavy (non-hydrogen) atoms. The van der Waals surface area contributed by atoms with E-state index in [0.717, 1.165) is 11.8 Å². The minimum absolute atomic E-state index is 0.514. The second kappa shape index (κ2) is 1.78. The summed E-state index contributed by atoms with van der Waals surface area (Å²) in [6.07, 6.45) is 4.07. The summed E-state index contributed by atoms with van der Waals surface area (Å²) in [5, 5.41) is 0. The van der Waals surface area contributed by atoms with E-state index in [0.29, 0.717) is 11.3 Å². The topological polar surface area (TPSA) is 0 Å². The van der Waals surface area contributed by atoms with Gasteiger partial charge in [0.25, 0.3) is 0 Å². The van der Waals surface area contributed by atoms with Crippen LogP contribution < -0.4 is 0 Å². The zero-order valence-electron chi connectivity index (χ0n) is 6.93. The molecule has 0 nitrogen and oxygen atoms in total. The quantitative estimate of drug-likeness (QED) is 0.480. The highest BCUT2D eigenvalue weighted by Crippen LogP contribution is 2.60. The van der Waals surface area contributed by atoms with Gasteiger partial charge in [-0.25, -0.2) is 0 Å². The Hall–Kier alpha value is 0. The molecule has 0 heterocycles. The summed E-state index contributed by atoms with van der Waals surface area (Å²) in [7, 11) is 0. The van der Waals surface area contributed by atoms with Crippen molar-refractivity contribution in [2.75, 3.05) is 0 Å². The van der Waals surface area contributed by atoms with Crippen molar-refractivity contribution >= 4 is 0 Å². The van der Waals surface area contributed by atoms with Crippen LogP contribution in [0.15, 0.2) is 0 Å². The fraction of sp³-hybridized carbons (Fsp3) is 0.900. The van der Waals surface area contributed by atoms with E-state index in [1.165, 1.54) is 19.3 Å². The molecule has 0 unspecified atom stereocenters. The van der Waals surface area contributed by atoms with Crippen molar-refractivity contribution in [2.45, 2.75) is 33.1 Å². The van der Waals surface area contributed by atoms with Gasteiger partial charge in [0, 0.05) is 0 Å². The maximum Gasteiger partial charge on any atom is -0.0295 e. The highest BCUT2D eigenvalue weighted by Gasteiger charge is 2.52. The van der Waals surface area contributed by atoms with Crippen molar-refractivity contribution in [1.29, 1.82) is 0 Å². The van der Waals surface area contributed by atoms with E-state index in [4.69, 9.17) is 6.92 Å². The van der Waals surface area contributed by atoms with E-state index in [1.807, 2.05) is 0 Å². The predicted octanol–water partition coefficient (Wildman–Crippen LogP) is 2.77. The molecule has 3 rings (SSSR count). The van der Waals surface area contributed by atoms with E-state index >= 15 is 0 Å². The lowest BCUT2D eigenvalue weighted by Gasteiger charge is -2.59. The summed E-state index contributed by atoms with van der Waals surface area (Å²) in [5.41, 5.74) is 0.581. The van der Waals surface area contributed by atoms with E-state index in [-0.39, 0.29) is 0 Å². The Morgan fingerprint density at radius 3 is 2.30 bits per heavy atom. The molecule has 3 aliphatic carbocycles. The normalized spacial score (nSPS) is 50.1. The number of hydrogen-bond acceptors (Lipinski definition) is 0. The monoisotopic (exact) mass is 136 g/mol. The number of rotatable bonds is 0. The molecule has 0 spiro atoms. The summed E-state index contributed by atoms with van der Waals surface area (Å²) < 4.78 is 0. The van der Waals surface area contributed by atoms with E-state index in [2.05, 4.69) is 13.8 Å². The minimum Gasteiger partial charge on any atom is -0.0594 e. The van der Waals surface area contributed by atoms with Gasteiger partial charge in [0.1, 0.15) is 0 Å². The van der Waals surface area contributed by atoms with Crippen LogP contribution in [0.5, 0.6) is 0 Å². The molecule has 2 radical (unpaired) electrons. The molecular weight excluding hydrogens is 120 g/mol. The summed E-state index contributed by atoms with van der Waals surface area (Å²) in [6, 6.07) is 0. The minimum atomic E-state index is 0.514. The van der Waals surface area contributed by atoms with E-state index in [9.17, 15) is 0 Å². The molecule has 0 amide bonds. The molecule has 0 aromatic carbocycles. The van der Waals surface area contributed by atoms with Crippen molar-refractivity contribution in [2.24, 2.45) is 23.2 Å². The van der Waals surface area contributed by atoms with Crippen molar-refractivity contribution in [3.63, 3.8) is 0 Å². The molecule has 0 heteroatoms. The van der Waals surface area contributed by atoms with Gasteiger partial charge in [0.15, 0.2) is 0 Å². The molecule has 56 valence electrons. The smallest absolute Gasteiger partial charge is 0.0295 e. The van der Waals surface area contributed by atoms with Crippen LogP contribution in [0, 0.1) is 30.1 Å². The maximum atomic E-state index is 5.99. The Balaban J connectivity index is 2.16. The highest BCUT2D eigenvalue weighted by molar-refractivity contribution is 5.03. The van der Waals surface area contributed by atoms with Gasteiger partial charge in [-0.2, -0.15) is 0 Å². The fourth-order valence-corrected chi connectivity index (χ4v) is 2.87. The highest BCUT2D eigenvalue weighted by atomic mass is 14.6. The average molecular weight is 136 g/mol. The molecule has 3 aliphatic rings. The van der Waals surface area contributed by atoms with Crippen LogP contribution >= 0.6 is 0 Å². The average Bonchev–Trinajstić information content (AvgIpc) is 1.87. The van der Waals surface area contributed by atoms with Gasteiger partial charge in [-0.3, -0.25) is 0 Å².